The van der Waals surface area contributed by atoms with Gasteiger partial charge in [-0.05, 0) is 24.6 Å². The van der Waals surface area contributed by atoms with E-state index in [4.69, 9.17) is 4.74 Å². The molecule has 0 saturated heterocycles. The molecular formula is C17H16FNO. The number of halogens is 1. The molecule has 0 aromatic heterocycles. The zero-order chi connectivity index (χ0) is 14.4. The van der Waals surface area contributed by atoms with E-state index in [0.717, 1.165) is 5.56 Å². The Bertz CT molecular complexity index is 606. The number of para-hydroxylation sites is 1. The Balaban J connectivity index is 2.02. The van der Waals surface area contributed by atoms with Gasteiger partial charge in [0.05, 0.1) is 18.1 Å². The van der Waals surface area contributed by atoms with E-state index >= 15 is 0 Å². The first kappa shape index (κ1) is 14.1. The molecule has 2 aromatic carbocycles. The van der Waals surface area contributed by atoms with E-state index in [1.165, 1.54) is 6.07 Å². The van der Waals surface area contributed by atoms with Crippen LogP contribution in [-0.4, -0.2) is 6.61 Å². The molecule has 20 heavy (non-hydrogen) atoms. The minimum atomic E-state index is -0.632. The fourth-order valence-corrected chi connectivity index (χ4v) is 2.00. The van der Waals surface area contributed by atoms with Gasteiger partial charge in [0.15, 0.2) is 11.6 Å². The van der Waals surface area contributed by atoms with Gasteiger partial charge in [0.1, 0.15) is 0 Å². The van der Waals surface area contributed by atoms with E-state index in [-0.39, 0.29) is 11.6 Å². The summed E-state index contributed by atoms with van der Waals surface area (Å²) in [4.78, 5) is 0. The third-order valence-corrected chi connectivity index (χ3v) is 3.35. The van der Waals surface area contributed by atoms with Crippen molar-refractivity contribution in [1.29, 1.82) is 5.26 Å². The highest BCUT2D eigenvalue weighted by atomic mass is 19.1. The summed E-state index contributed by atoms with van der Waals surface area (Å²) in [7, 11) is 0. The summed E-state index contributed by atoms with van der Waals surface area (Å²) in [5, 5.41) is 9.41. The molecule has 1 atom stereocenters. The Hall–Kier alpha value is -2.34. The van der Waals surface area contributed by atoms with Crippen LogP contribution in [0.5, 0.6) is 5.75 Å². The van der Waals surface area contributed by atoms with E-state index in [1.807, 2.05) is 37.3 Å². The van der Waals surface area contributed by atoms with Crippen molar-refractivity contribution in [2.45, 2.75) is 18.8 Å². The van der Waals surface area contributed by atoms with Crippen molar-refractivity contribution < 1.29 is 9.13 Å². The van der Waals surface area contributed by atoms with Gasteiger partial charge in [-0.25, -0.2) is 4.39 Å². The molecule has 0 heterocycles. The highest BCUT2D eigenvalue weighted by Crippen LogP contribution is 2.27. The third kappa shape index (κ3) is 3.16. The Morgan fingerprint density at radius 3 is 2.40 bits per heavy atom. The van der Waals surface area contributed by atoms with Gasteiger partial charge in [-0.1, -0.05) is 42.5 Å². The second kappa shape index (κ2) is 6.21. The van der Waals surface area contributed by atoms with Gasteiger partial charge in [0.2, 0.25) is 0 Å². The molecule has 3 heteroatoms. The van der Waals surface area contributed by atoms with Crippen molar-refractivity contribution in [2.24, 2.45) is 0 Å². The zero-order valence-corrected chi connectivity index (χ0v) is 11.3. The molecule has 0 bridgehead atoms. The predicted molar refractivity (Wildman–Crippen MR) is 75.9 cm³/mol. The van der Waals surface area contributed by atoms with Gasteiger partial charge in [0, 0.05) is 6.42 Å². The molecular weight excluding hydrogens is 253 g/mol. The van der Waals surface area contributed by atoms with E-state index in [0.29, 0.717) is 13.0 Å². The molecule has 0 aliphatic heterocycles. The summed E-state index contributed by atoms with van der Waals surface area (Å²) in [6.45, 7) is 2.16. The second-order valence-corrected chi connectivity index (χ2v) is 4.84. The molecule has 0 aliphatic carbocycles. The fraction of sp³-hybridized carbons (Fsp3) is 0.235. The molecule has 0 fully saturated rings. The van der Waals surface area contributed by atoms with Gasteiger partial charge < -0.3 is 4.74 Å². The first-order valence-electron chi connectivity index (χ1n) is 6.50. The molecule has 2 rings (SSSR count). The number of ether oxygens (including phenoxy) is 1. The summed E-state index contributed by atoms with van der Waals surface area (Å²) >= 11 is 0. The maximum Gasteiger partial charge on any atom is 0.165 e. The maximum absolute atomic E-state index is 13.4. The Morgan fingerprint density at radius 1 is 1.10 bits per heavy atom. The van der Waals surface area contributed by atoms with Crippen LogP contribution in [0.15, 0.2) is 54.6 Å². The van der Waals surface area contributed by atoms with Crippen LogP contribution >= 0.6 is 0 Å². The minimum Gasteiger partial charge on any atom is -0.490 e. The summed E-state index contributed by atoms with van der Waals surface area (Å²) in [6, 6.07) is 18.2. The number of hydrogen-bond acceptors (Lipinski definition) is 2. The number of nitrogens with zero attached hydrogens (tertiary/aromatic N) is 1. The van der Waals surface area contributed by atoms with Gasteiger partial charge in [-0.15, -0.1) is 0 Å². The van der Waals surface area contributed by atoms with E-state index < -0.39 is 5.41 Å². The molecule has 2 aromatic rings. The van der Waals surface area contributed by atoms with Crippen molar-refractivity contribution in [2.75, 3.05) is 6.61 Å². The van der Waals surface area contributed by atoms with Crippen molar-refractivity contribution in [3.8, 4) is 11.8 Å². The average molecular weight is 269 g/mol. The first-order chi connectivity index (χ1) is 9.65. The first-order valence-corrected chi connectivity index (χ1v) is 6.50. The lowest BCUT2D eigenvalue weighted by Gasteiger charge is -2.22. The normalized spacial score (nSPS) is 13.2. The topological polar surface area (TPSA) is 33.0 Å². The highest BCUT2D eigenvalue weighted by Gasteiger charge is 2.26. The molecule has 0 N–H and O–H groups in total. The Kier molecular flexibility index (Phi) is 4.37. The third-order valence-electron chi connectivity index (χ3n) is 3.35. The van der Waals surface area contributed by atoms with Crippen molar-refractivity contribution in [3.05, 3.63) is 66.0 Å². The smallest absolute Gasteiger partial charge is 0.165 e. The molecule has 0 spiro atoms. The Morgan fingerprint density at radius 2 is 1.75 bits per heavy atom. The molecule has 1 unspecified atom stereocenters. The van der Waals surface area contributed by atoms with Crippen molar-refractivity contribution in [1.82, 2.24) is 0 Å². The van der Waals surface area contributed by atoms with Crippen molar-refractivity contribution >= 4 is 0 Å². The van der Waals surface area contributed by atoms with Crippen LogP contribution in [-0.2, 0) is 5.41 Å². The van der Waals surface area contributed by atoms with Crippen LogP contribution in [0.2, 0.25) is 0 Å². The van der Waals surface area contributed by atoms with Crippen LogP contribution < -0.4 is 4.74 Å². The number of nitriles is 1. The van der Waals surface area contributed by atoms with Gasteiger partial charge in [0.25, 0.3) is 0 Å². The average Bonchev–Trinajstić information content (AvgIpc) is 2.50. The molecule has 0 radical (unpaired) electrons. The summed E-state index contributed by atoms with van der Waals surface area (Å²) in [6.07, 6.45) is 0.502. The minimum absolute atomic E-state index is 0.223. The quantitative estimate of drug-likeness (QED) is 0.819. The zero-order valence-electron chi connectivity index (χ0n) is 11.3. The standard InChI is InChI=1S/C17H16FNO/c1-17(13-19,14-7-3-2-4-8-14)11-12-20-16-10-6-5-9-15(16)18/h2-10H,11-12H2,1H3. The number of hydrogen-bond donors (Lipinski definition) is 0. The summed E-state index contributed by atoms with van der Waals surface area (Å²) in [5.74, 6) is -0.160. The van der Waals surface area contributed by atoms with Crippen LogP contribution in [0.3, 0.4) is 0 Å². The summed E-state index contributed by atoms with van der Waals surface area (Å²) < 4.78 is 18.9. The molecule has 0 saturated carbocycles. The van der Waals surface area contributed by atoms with Crippen LogP contribution in [0.4, 0.5) is 4.39 Å². The molecule has 0 aliphatic rings. The SMILES string of the molecule is CC(C#N)(CCOc1ccccc1F)c1ccccc1. The van der Waals surface area contributed by atoms with Crippen LogP contribution in [0.25, 0.3) is 0 Å². The lowest BCUT2D eigenvalue weighted by atomic mass is 9.81. The van der Waals surface area contributed by atoms with Crippen molar-refractivity contribution in [3.63, 3.8) is 0 Å². The molecule has 0 amide bonds. The predicted octanol–water partition coefficient (Wildman–Crippen LogP) is 4.08. The second-order valence-electron chi connectivity index (χ2n) is 4.84. The largest absolute Gasteiger partial charge is 0.490 e. The Labute approximate surface area is 118 Å². The van der Waals surface area contributed by atoms with E-state index in [1.54, 1.807) is 18.2 Å². The molecule has 102 valence electrons. The number of benzene rings is 2. The van der Waals surface area contributed by atoms with Crippen LogP contribution in [0.1, 0.15) is 18.9 Å². The van der Waals surface area contributed by atoms with E-state index in [9.17, 15) is 9.65 Å². The maximum atomic E-state index is 13.4. The van der Waals surface area contributed by atoms with Crippen LogP contribution in [0, 0.1) is 17.1 Å². The molecule has 2 nitrogen and oxygen atoms in total. The fourth-order valence-electron chi connectivity index (χ4n) is 2.00. The lowest BCUT2D eigenvalue weighted by Crippen LogP contribution is -2.22. The lowest BCUT2D eigenvalue weighted by molar-refractivity contribution is 0.273. The summed E-state index contributed by atoms with van der Waals surface area (Å²) in [5.41, 5.74) is 0.312. The van der Waals surface area contributed by atoms with Gasteiger partial charge in [-0.2, -0.15) is 5.26 Å². The van der Waals surface area contributed by atoms with Gasteiger partial charge in [-0.3, -0.25) is 0 Å². The monoisotopic (exact) mass is 269 g/mol. The van der Waals surface area contributed by atoms with Gasteiger partial charge >= 0.3 is 0 Å². The highest BCUT2D eigenvalue weighted by molar-refractivity contribution is 5.31. The number of rotatable bonds is 5. The van der Waals surface area contributed by atoms with E-state index in [2.05, 4.69) is 6.07 Å².